The van der Waals surface area contributed by atoms with E-state index in [0.29, 0.717) is 26.5 Å². The first kappa shape index (κ1) is 15.6. The van der Waals surface area contributed by atoms with E-state index in [1.54, 1.807) is 30.3 Å². The van der Waals surface area contributed by atoms with Crippen molar-refractivity contribution in [1.29, 1.82) is 0 Å². The first-order chi connectivity index (χ1) is 9.97. The Morgan fingerprint density at radius 3 is 2.33 bits per heavy atom. The lowest BCUT2D eigenvalue weighted by molar-refractivity contribution is 0.0697. The van der Waals surface area contributed by atoms with Crippen molar-refractivity contribution < 1.29 is 9.90 Å². The second-order valence-corrected chi connectivity index (χ2v) is 5.26. The minimum atomic E-state index is -0.979. The Labute approximate surface area is 136 Å². The van der Waals surface area contributed by atoms with Gasteiger partial charge in [-0.2, -0.15) is 0 Å². The van der Waals surface area contributed by atoms with Crippen LogP contribution in [0.1, 0.15) is 10.4 Å². The summed E-state index contributed by atoms with van der Waals surface area (Å²) in [5.74, 6) is -0.979. The van der Waals surface area contributed by atoms with Gasteiger partial charge in [0.15, 0.2) is 5.11 Å². The molecule has 0 bridgehead atoms. The number of benzene rings is 2. The summed E-state index contributed by atoms with van der Waals surface area (Å²) >= 11 is 17.1. The third-order valence-electron chi connectivity index (χ3n) is 2.59. The molecule has 0 atom stereocenters. The first-order valence-corrected chi connectivity index (χ1v) is 6.99. The molecule has 4 nitrogen and oxygen atoms in total. The van der Waals surface area contributed by atoms with Crippen LogP contribution < -0.4 is 10.6 Å². The molecule has 0 heterocycles. The molecular weight excluding hydrogens is 331 g/mol. The number of halogens is 2. The van der Waals surface area contributed by atoms with Crippen LogP contribution in [-0.2, 0) is 0 Å². The summed E-state index contributed by atoms with van der Waals surface area (Å²) in [5, 5.41) is 15.8. The van der Waals surface area contributed by atoms with Crippen LogP contribution in [0.25, 0.3) is 0 Å². The van der Waals surface area contributed by atoms with E-state index in [-0.39, 0.29) is 5.56 Å². The largest absolute Gasteiger partial charge is 0.478 e. The van der Waals surface area contributed by atoms with Crippen LogP contribution in [0.5, 0.6) is 0 Å². The van der Waals surface area contributed by atoms with E-state index >= 15 is 0 Å². The van der Waals surface area contributed by atoms with Crippen molar-refractivity contribution >= 4 is 57.9 Å². The van der Waals surface area contributed by atoms with Crippen molar-refractivity contribution in [2.24, 2.45) is 0 Å². The minimum Gasteiger partial charge on any atom is -0.478 e. The molecule has 0 aliphatic rings. The van der Waals surface area contributed by atoms with Gasteiger partial charge in [-0.15, -0.1) is 0 Å². The van der Waals surface area contributed by atoms with Gasteiger partial charge in [0.25, 0.3) is 0 Å². The fourth-order valence-electron chi connectivity index (χ4n) is 1.58. The van der Waals surface area contributed by atoms with Crippen LogP contribution in [0.4, 0.5) is 11.4 Å². The lowest BCUT2D eigenvalue weighted by Crippen LogP contribution is -2.19. The Kier molecular flexibility index (Phi) is 5.01. The van der Waals surface area contributed by atoms with Crippen LogP contribution in [0.15, 0.2) is 42.5 Å². The third kappa shape index (κ3) is 4.07. The molecule has 0 aliphatic carbocycles. The molecule has 0 spiro atoms. The third-order valence-corrected chi connectivity index (χ3v) is 3.61. The summed E-state index contributed by atoms with van der Waals surface area (Å²) in [5.41, 5.74) is 1.46. The second kappa shape index (κ2) is 6.76. The Balaban J connectivity index is 2.04. The maximum Gasteiger partial charge on any atom is 0.335 e. The van der Waals surface area contributed by atoms with Crippen LogP contribution in [0.3, 0.4) is 0 Å². The molecule has 0 aliphatic heterocycles. The van der Waals surface area contributed by atoms with Crippen molar-refractivity contribution in [3.8, 4) is 0 Å². The quantitative estimate of drug-likeness (QED) is 0.718. The maximum atomic E-state index is 10.8. The van der Waals surface area contributed by atoms with Gasteiger partial charge in [0, 0.05) is 5.69 Å². The van der Waals surface area contributed by atoms with Gasteiger partial charge in [0.1, 0.15) is 0 Å². The highest BCUT2D eigenvalue weighted by atomic mass is 35.5. The minimum absolute atomic E-state index is 0.206. The number of aromatic carboxylic acids is 1. The lowest BCUT2D eigenvalue weighted by atomic mass is 10.2. The number of thiocarbonyl (C=S) groups is 1. The smallest absolute Gasteiger partial charge is 0.335 e. The topological polar surface area (TPSA) is 61.4 Å². The molecule has 0 amide bonds. The van der Waals surface area contributed by atoms with Gasteiger partial charge in [0.05, 0.1) is 21.3 Å². The summed E-state index contributed by atoms with van der Waals surface area (Å²) in [6.07, 6.45) is 0. The van der Waals surface area contributed by atoms with E-state index < -0.39 is 5.97 Å². The van der Waals surface area contributed by atoms with Gasteiger partial charge in [-0.3, -0.25) is 0 Å². The highest BCUT2D eigenvalue weighted by molar-refractivity contribution is 7.80. The van der Waals surface area contributed by atoms with Crippen LogP contribution in [0.2, 0.25) is 10.0 Å². The fraction of sp³-hybridized carbons (Fsp3) is 0. The van der Waals surface area contributed by atoms with Gasteiger partial charge in [0.2, 0.25) is 0 Å². The number of carboxylic acid groups (broad SMARTS) is 1. The van der Waals surface area contributed by atoms with Gasteiger partial charge >= 0.3 is 5.97 Å². The molecule has 2 rings (SSSR count). The van der Waals surface area contributed by atoms with Crippen molar-refractivity contribution in [3.63, 3.8) is 0 Å². The SMILES string of the molecule is O=C(O)c1ccc(NC(=S)Nc2cccc(Cl)c2Cl)cc1. The highest BCUT2D eigenvalue weighted by Crippen LogP contribution is 2.29. The number of carbonyl (C=O) groups is 1. The molecule has 0 unspecified atom stereocenters. The zero-order valence-electron chi connectivity index (χ0n) is 10.6. The average Bonchev–Trinajstić information content (AvgIpc) is 2.44. The molecule has 0 fully saturated rings. The molecule has 2 aromatic carbocycles. The Bertz CT molecular complexity index is 690. The Morgan fingerprint density at radius 1 is 1.05 bits per heavy atom. The number of nitrogens with one attached hydrogen (secondary N) is 2. The van der Waals surface area contributed by atoms with Crippen molar-refractivity contribution in [3.05, 3.63) is 58.1 Å². The zero-order valence-corrected chi connectivity index (χ0v) is 12.9. The molecule has 21 heavy (non-hydrogen) atoms. The number of carboxylic acids is 1. The van der Waals surface area contributed by atoms with E-state index in [9.17, 15) is 4.79 Å². The summed E-state index contributed by atoms with van der Waals surface area (Å²) in [7, 11) is 0. The first-order valence-electron chi connectivity index (χ1n) is 5.83. The summed E-state index contributed by atoms with van der Waals surface area (Å²) in [4.78, 5) is 10.8. The molecule has 3 N–H and O–H groups in total. The van der Waals surface area contributed by atoms with Crippen molar-refractivity contribution in [1.82, 2.24) is 0 Å². The van der Waals surface area contributed by atoms with E-state index in [2.05, 4.69) is 10.6 Å². The van der Waals surface area contributed by atoms with Gasteiger partial charge < -0.3 is 15.7 Å². The van der Waals surface area contributed by atoms with E-state index in [0.717, 1.165) is 0 Å². The van der Waals surface area contributed by atoms with Gasteiger partial charge in [-0.1, -0.05) is 29.3 Å². The van der Waals surface area contributed by atoms with Crippen LogP contribution in [-0.4, -0.2) is 16.2 Å². The molecule has 0 saturated carbocycles. The normalized spacial score (nSPS) is 10.0. The molecular formula is C14H10Cl2N2O2S. The molecule has 0 saturated heterocycles. The summed E-state index contributed by atoms with van der Waals surface area (Å²) in [6.45, 7) is 0. The zero-order chi connectivity index (χ0) is 15.4. The fourth-order valence-corrected chi connectivity index (χ4v) is 2.16. The predicted octanol–water partition coefficient (Wildman–Crippen LogP) is 4.50. The summed E-state index contributed by atoms with van der Waals surface area (Å²) in [6, 6.07) is 11.4. The molecule has 7 heteroatoms. The number of hydrogen-bond donors (Lipinski definition) is 3. The average molecular weight is 341 g/mol. The van der Waals surface area contributed by atoms with E-state index in [1.165, 1.54) is 12.1 Å². The number of rotatable bonds is 3. The summed E-state index contributed by atoms with van der Waals surface area (Å²) < 4.78 is 0. The predicted molar refractivity (Wildman–Crippen MR) is 89.7 cm³/mol. The standard InChI is InChI=1S/C14H10Cl2N2O2S/c15-10-2-1-3-11(12(10)16)18-14(21)17-9-6-4-8(5-7-9)13(19)20/h1-7H,(H,19,20)(H2,17,18,21). The number of anilines is 2. The molecule has 2 aromatic rings. The van der Waals surface area contributed by atoms with Gasteiger partial charge in [-0.05, 0) is 48.6 Å². The monoisotopic (exact) mass is 340 g/mol. The molecule has 0 aromatic heterocycles. The highest BCUT2D eigenvalue weighted by Gasteiger charge is 2.07. The number of hydrogen-bond acceptors (Lipinski definition) is 2. The maximum absolute atomic E-state index is 10.8. The van der Waals surface area contributed by atoms with Gasteiger partial charge in [-0.25, -0.2) is 4.79 Å². The Morgan fingerprint density at radius 2 is 1.71 bits per heavy atom. The lowest BCUT2D eigenvalue weighted by Gasteiger charge is -2.12. The van der Waals surface area contributed by atoms with Crippen molar-refractivity contribution in [2.45, 2.75) is 0 Å². The van der Waals surface area contributed by atoms with Crippen molar-refractivity contribution in [2.75, 3.05) is 10.6 Å². The second-order valence-electron chi connectivity index (χ2n) is 4.06. The molecule has 108 valence electrons. The molecule has 0 radical (unpaired) electrons. The van der Waals surface area contributed by atoms with Crippen LogP contribution >= 0.6 is 35.4 Å². The van der Waals surface area contributed by atoms with E-state index in [1.807, 2.05) is 0 Å². The Hall–Kier alpha value is -1.82. The van der Waals surface area contributed by atoms with E-state index in [4.69, 9.17) is 40.5 Å². The van der Waals surface area contributed by atoms with Crippen LogP contribution in [0, 0.1) is 0 Å².